The first-order valence-electron chi connectivity index (χ1n) is 5.58. The Kier molecular flexibility index (Phi) is 2.85. The Morgan fingerprint density at radius 3 is 2.29 bits per heavy atom. The maximum Gasteiger partial charge on any atom is 0.419 e. The van der Waals surface area contributed by atoms with Crippen molar-refractivity contribution in [1.29, 1.82) is 0 Å². The summed E-state index contributed by atoms with van der Waals surface area (Å²) < 4.78 is 0.0223. The molecule has 0 spiro atoms. The lowest BCUT2D eigenvalue weighted by Crippen LogP contribution is -2.56. The summed E-state index contributed by atoms with van der Waals surface area (Å²) in [5.41, 5.74) is 11.6. The molecule has 4 N–H and O–H groups in total. The van der Waals surface area contributed by atoms with Gasteiger partial charge in [-0.05, 0) is 12.1 Å². The molecule has 1 aromatic rings. The van der Waals surface area contributed by atoms with Crippen LogP contribution in [0.2, 0.25) is 0 Å². The van der Waals surface area contributed by atoms with Gasteiger partial charge < -0.3 is 11.5 Å². The lowest BCUT2D eigenvalue weighted by molar-refractivity contribution is -0.121. The monoisotopic (exact) mass is 234 g/mol. The van der Waals surface area contributed by atoms with Gasteiger partial charge in [0.2, 0.25) is 5.91 Å². The second kappa shape index (κ2) is 4.18. The molecule has 0 bridgehead atoms. The van der Waals surface area contributed by atoms with E-state index in [2.05, 4.69) is 0 Å². The van der Waals surface area contributed by atoms with Gasteiger partial charge in [0.25, 0.3) is 0 Å². The number of urea groups is 1. The summed E-state index contributed by atoms with van der Waals surface area (Å²) in [6, 6.07) is 8.87. The lowest BCUT2D eigenvalue weighted by atomic mass is 10.1. The first kappa shape index (κ1) is 11.6. The maximum atomic E-state index is 11.7. The average Bonchev–Trinajstić information content (AvgIpc) is 2.76. The van der Waals surface area contributed by atoms with Crippen molar-refractivity contribution in [3.8, 4) is 0 Å². The van der Waals surface area contributed by atoms with Crippen LogP contribution in [0.25, 0.3) is 0 Å². The minimum absolute atomic E-state index is 0.0223. The second-order valence-corrected chi connectivity index (χ2v) is 4.44. The highest BCUT2D eigenvalue weighted by molar-refractivity contribution is 5.88. The van der Waals surface area contributed by atoms with Crippen LogP contribution in [-0.4, -0.2) is 25.0 Å². The van der Waals surface area contributed by atoms with Crippen LogP contribution in [0.1, 0.15) is 6.42 Å². The van der Waals surface area contributed by atoms with Crippen LogP contribution in [-0.2, 0) is 4.79 Å². The van der Waals surface area contributed by atoms with Crippen molar-refractivity contribution in [2.75, 3.05) is 13.1 Å². The van der Waals surface area contributed by atoms with Crippen molar-refractivity contribution in [1.82, 2.24) is 4.48 Å². The molecule has 1 saturated heterocycles. The molecule has 17 heavy (non-hydrogen) atoms. The first-order chi connectivity index (χ1) is 8.06. The van der Waals surface area contributed by atoms with E-state index in [9.17, 15) is 9.59 Å². The second-order valence-electron chi connectivity index (χ2n) is 4.44. The number of carbonyl (C=O) groups excluding carboxylic acids is 2. The van der Waals surface area contributed by atoms with Crippen LogP contribution in [0.3, 0.4) is 0 Å². The third-order valence-electron chi connectivity index (χ3n) is 3.47. The molecule has 2 atom stereocenters. The lowest BCUT2D eigenvalue weighted by Gasteiger charge is -2.28. The van der Waals surface area contributed by atoms with Crippen LogP contribution < -0.4 is 16.0 Å². The molecule has 5 nitrogen and oxygen atoms in total. The van der Waals surface area contributed by atoms with Crippen molar-refractivity contribution < 1.29 is 9.59 Å². The molecule has 1 aliphatic heterocycles. The number of para-hydroxylation sites is 1. The fourth-order valence-electron chi connectivity index (χ4n) is 2.44. The zero-order valence-corrected chi connectivity index (χ0v) is 9.50. The van der Waals surface area contributed by atoms with E-state index in [4.69, 9.17) is 11.5 Å². The number of hydrogen-bond acceptors (Lipinski definition) is 2. The smallest absolute Gasteiger partial charge is 0.369 e. The third kappa shape index (κ3) is 1.89. The van der Waals surface area contributed by atoms with E-state index < -0.39 is 6.03 Å². The maximum absolute atomic E-state index is 11.7. The first-order valence-corrected chi connectivity index (χ1v) is 5.58. The van der Waals surface area contributed by atoms with Gasteiger partial charge in [0.1, 0.15) is 12.2 Å². The van der Waals surface area contributed by atoms with Crippen molar-refractivity contribution >= 4 is 17.6 Å². The highest BCUT2D eigenvalue weighted by Gasteiger charge is 2.47. The molecule has 5 heteroatoms. The molecule has 3 amide bonds. The number of carbonyl (C=O) groups is 2. The Hall–Kier alpha value is -1.88. The number of nitrogens with two attached hydrogens (primary N) is 2. The predicted molar refractivity (Wildman–Crippen MR) is 64.9 cm³/mol. The van der Waals surface area contributed by atoms with E-state index in [1.54, 1.807) is 0 Å². The Labute approximate surface area is 99.6 Å². The number of likely N-dealkylation sites (tertiary alicyclic amines) is 1. The Balaban J connectivity index is 2.37. The molecule has 0 saturated carbocycles. The summed E-state index contributed by atoms with van der Waals surface area (Å²) in [4.78, 5) is 22.9. The fraction of sp³-hybridized carbons (Fsp3) is 0.333. The van der Waals surface area contributed by atoms with Gasteiger partial charge in [-0.15, -0.1) is 0 Å². The Morgan fingerprint density at radius 2 is 1.82 bits per heavy atom. The van der Waals surface area contributed by atoms with Gasteiger partial charge >= 0.3 is 6.03 Å². The molecular weight excluding hydrogens is 218 g/mol. The Bertz CT molecular complexity index is 446. The van der Waals surface area contributed by atoms with Crippen molar-refractivity contribution in [2.45, 2.75) is 6.42 Å². The normalized spacial score (nSPS) is 27.9. The molecule has 0 radical (unpaired) electrons. The number of hydrogen-bond donors (Lipinski definition) is 2. The van der Waals surface area contributed by atoms with E-state index in [1.165, 1.54) is 0 Å². The average molecular weight is 234 g/mol. The standard InChI is InChI=1S/C12H15N3O2/c13-11(16)9-6-7-15(8-9,12(14)17)10-4-2-1-3-5-10/h1-5,9H,6-8H2,(H3-,13,14,16,17)/p+1. The van der Waals surface area contributed by atoms with Gasteiger partial charge in [-0.1, -0.05) is 18.2 Å². The molecule has 1 aliphatic rings. The molecule has 1 fully saturated rings. The highest BCUT2D eigenvalue weighted by atomic mass is 16.2. The summed E-state index contributed by atoms with van der Waals surface area (Å²) in [6.07, 6.45) is 0.604. The zero-order valence-electron chi connectivity index (χ0n) is 9.50. The minimum Gasteiger partial charge on any atom is -0.369 e. The topological polar surface area (TPSA) is 86.2 Å². The number of primary amides is 2. The van der Waals surface area contributed by atoms with Gasteiger partial charge in [-0.2, -0.15) is 0 Å². The van der Waals surface area contributed by atoms with Gasteiger partial charge in [-0.25, -0.2) is 9.28 Å². The minimum atomic E-state index is -0.431. The number of nitrogens with zero attached hydrogens (tertiary/aromatic N) is 1. The molecule has 2 unspecified atom stereocenters. The predicted octanol–water partition coefficient (Wildman–Crippen LogP) is 0.578. The van der Waals surface area contributed by atoms with Gasteiger partial charge in [-0.3, -0.25) is 4.79 Å². The number of rotatable bonds is 2. The van der Waals surface area contributed by atoms with Crippen LogP contribution in [0.5, 0.6) is 0 Å². The number of benzene rings is 1. The van der Waals surface area contributed by atoms with Crippen LogP contribution in [0, 0.1) is 5.92 Å². The molecule has 1 aromatic carbocycles. The number of quaternary nitrogens is 1. The SMILES string of the molecule is NC(=O)C1CC[N+](C(N)=O)(c2ccccc2)C1. The van der Waals surface area contributed by atoms with E-state index in [1.807, 2.05) is 30.3 Å². The van der Waals surface area contributed by atoms with Crippen molar-refractivity contribution in [3.63, 3.8) is 0 Å². The summed E-state index contributed by atoms with van der Waals surface area (Å²) in [5.74, 6) is -0.634. The Morgan fingerprint density at radius 1 is 1.18 bits per heavy atom. The van der Waals surface area contributed by atoms with Crippen LogP contribution in [0.15, 0.2) is 30.3 Å². The molecule has 2 rings (SSSR count). The van der Waals surface area contributed by atoms with Crippen molar-refractivity contribution in [3.05, 3.63) is 30.3 Å². The molecule has 1 heterocycles. The van der Waals surface area contributed by atoms with Crippen LogP contribution >= 0.6 is 0 Å². The fourth-order valence-corrected chi connectivity index (χ4v) is 2.44. The van der Waals surface area contributed by atoms with E-state index in [0.29, 0.717) is 19.5 Å². The van der Waals surface area contributed by atoms with E-state index in [-0.39, 0.29) is 16.3 Å². The summed E-state index contributed by atoms with van der Waals surface area (Å²) in [7, 11) is 0. The van der Waals surface area contributed by atoms with E-state index >= 15 is 0 Å². The van der Waals surface area contributed by atoms with Gasteiger partial charge in [0, 0.05) is 6.42 Å². The van der Waals surface area contributed by atoms with Crippen LogP contribution in [0.4, 0.5) is 10.5 Å². The zero-order chi connectivity index (χ0) is 12.5. The third-order valence-corrected chi connectivity index (χ3v) is 3.47. The van der Waals surface area contributed by atoms with E-state index in [0.717, 1.165) is 5.69 Å². The molecule has 90 valence electrons. The van der Waals surface area contributed by atoms with Gasteiger partial charge in [0.05, 0.1) is 12.5 Å². The van der Waals surface area contributed by atoms with Crippen molar-refractivity contribution in [2.24, 2.45) is 17.4 Å². The molecule has 0 aromatic heterocycles. The summed E-state index contributed by atoms with van der Waals surface area (Å²) >= 11 is 0. The molecular formula is C12H16N3O2+. The van der Waals surface area contributed by atoms with Gasteiger partial charge in [0.15, 0.2) is 0 Å². The molecule has 0 aliphatic carbocycles. The summed E-state index contributed by atoms with van der Waals surface area (Å²) in [6.45, 7) is 0.904. The quantitative estimate of drug-likeness (QED) is 0.733. The highest BCUT2D eigenvalue weighted by Crippen LogP contribution is 2.31. The largest absolute Gasteiger partial charge is 0.419 e. The summed E-state index contributed by atoms with van der Waals surface area (Å²) in [5, 5.41) is 0. The number of amides is 3.